The molecule has 1 aliphatic heterocycles. The van der Waals surface area contributed by atoms with Crippen molar-refractivity contribution < 1.29 is 25.1 Å². The summed E-state index contributed by atoms with van der Waals surface area (Å²) >= 11 is 5.89. The molecule has 1 atom stereocenters. The molecule has 1 aliphatic rings. The average Bonchev–Trinajstić information content (AvgIpc) is 2.77. The van der Waals surface area contributed by atoms with Gasteiger partial charge in [0.1, 0.15) is 0 Å². The summed E-state index contributed by atoms with van der Waals surface area (Å²) in [7, 11) is 0. The number of carbonyl (C=O) groups is 2. The Balaban J connectivity index is 2.31. The van der Waals surface area contributed by atoms with Crippen LogP contribution in [-0.2, 0) is 9.59 Å². The first kappa shape index (κ1) is 17.5. The smallest absolute Gasteiger partial charge is 0.290 e. The van der Waals surface area contributed by atoms with E-state index in [0.29, 0.717) is 24.7 Å². The number of aliphatic hydroxyl groups is 2. The molecule has 0 radical (unpaired) electrons. The quantitative estimate of drug-likeness (QED) is 0.618. The monoisotopic (exact) mass is 339 g/mol. The van der Waals surface area contributed by atoms with Gasteiger partial charge in [-0.05, 0) is 24.6 Å². The number of ketones is 1. The third-order valence-electron chi connectivity index (χ3n) is 3.78. The summed E-state index contributed by atoms with van der Waals surface area (Å²) in [5.41, 5.74) is 0.832. The van der Waals surface area contributed by atoms with Gasteiger partial charge in [-0.25, -0.2) is 0 Å². The van der Waals surface area contributed by atoms with Crippen molar-refractivity contribution in [3.8, 4) is 0 Å². The highest BCUT2D eigenvalue weighted by molar-refractivity contribution is 6.30. The number of quaternary nitrogens is 1. The van der Waals surface area contributed by atoms with Crippen LogP contribution in [0.5, 0.6) is 0 Å². The maximum Gasteiger partial charge on any atom is 0.290 e. The number of benzene rings is 1. The van der Waals surface area contributed by atoms with Crippen molar-refractivity contribution in [1.29, 1.82) is 0 Å². The number of hydrogen-bond acceptors (Lipinski definition) is 4. The normalized spacial score (nSPS) is 18.0. The molecule has 1 aromatic carbocycles. The second-order valence-corrected chi connectivity index (χ2v) is 5.80. The second-order valence-electron chi connectivity index (χ2n) is 5.36. The van der Waals surface area contributed by atoms with E-state index in [4.69, 9.17) is 16.7 Å². The molecular weight excluding hydrogens is 320 g/mol. The van der Waals surface area contributed by atoms with Crippen molar-refractivity contribution in [1.82, 2.24) is 4.90 Å². The van der Waals surface area contributed by atoms with Crippen LogP contribution in [0.15, 0.2) is 35.6 Å². The topological polar surface area (TPSA) is 94.5 Å². The van der Waals surface area contributed by atoms with Gasteiger partial charge in [-0.15, -0.1) is 0 Å². The highest BCUT2D eigenvalue weighted by Gasteiger charge is 2.42. The molecular formula is C16H20ClN2O4+. The van der Waals surface area contributed by atoms with Gasteiger partial charge in [-0.2, -0.15) is 0 Å². The summed E-state index contributed by atoms with van der Waals surface area (Å²) in [5, 5.41) is 21.3. The number of rotatable bonds is 7. The fourth-order valence-corrected chi connectivity index (χ4v) is 2.83. The number of nitrogens with zero attached hydrogens (tertiary/aromatic N) is 1. The minimum absolute atomic E-state index is 0.0523. The SMILES string of the molecule is CC(=O)C1=C(O)C(=O)N(CC[NH2+]CCO)[C@@H]1c1ccc(Cl)cc1. The Morgan fingerprint density at radius 3 is 2.52 bits per heavy atom. The molecule has 2 rings (SSSR count). The van der Waals surface area contributed by atoms with Crippen molar-refractivity contribution >= 4 is 23.3 Å². The molecule has 0 fully saturated rings. The van der Waals surface area contributed by atoms with Crippen molar-refractivity contribution in [3.63, 3.8) is 0 Å². The number of nitrogens with two attached hydrogens (primary N) is 1. The Kier molecular flexibility index (Phi) is 5.76. The first-order chi connectivity index (χ1) is 11.0. The molecule has 0 saturated heterocycles. The zero-order valence-electron chi connectivity index (χ0n) is 12.8. The zero-order chi connectivity index (χ0) is 17.0. The lowest BCUT2D eigenvalue weighted by molar-refractivity contribution is -0.655. The molecule has 23 heavy (non-hydrogen) atoms. The molecule has 7 heteroatoms. The van der Waals surface area contributed by atoms with Gasteiger partial charge in [0.2, 0.25) is 0 Å². The summed E-state index contributed by atoms with van der Waals surface area (Å²) in [6.45, 7) is 2.84. The van der Waals surface area contributed by atoms with Crippen LogP contribution in [0.1, 0.15) is 18.5 Å². The largest absolute Gasteiger partial charge is 0.503 e. The van der Waals surface area contributed by atoms with Crippen LogP contribution in [0.25, 0.3) is 0 Å². The van der Waals surface area contributed by atoms with Crippen molar-refractivity contribution in [2.75, 3.05) is 26.2 Å². The first-order valence-electron chi connectivity index (χ1n) is 7.40. The minimum atomic E-state index is -0.611. The Bertz CT molecular complexity index is 627. The molecule has 1 heterocycles. The van der Waals surface area contributed by atoms with Gasteiger partial charge in [0.15, 0.2) is 11.5 Å². The molecule has 0 spiro atoms. The van der Waals surface area contributed by atoms with Gasteiger partial charge < -0.3 is 20.4 Å². The molecule has 0 saturated carbocycles. The standard InChI is InChI=1S/C16H19ClN2O4/c1-10(21)13-14(11-2-4-12(17)5-3-11)19(16(23)15(13)22)8-6-18-7-9-20/h2-5,14,18,20,22H,6-9H2,1H3/p+1/t14-/m1/s1. The van der Waals surface area contributed by atoms with Gasteiger partial charge >= 0.3 is 0 Å². The highest BCUT2D eigenvalue weighted by atomic mass is 35.5. The Hall–Kier alpha value is -1.89. The fourth-order valence-electron chi connectivity index (χ4n) is 2.70. The van der Waals surface area contributed by atoms with Crippen LogP contribution in [0.4, 0.5) is 0 Å². The van der Waals surface area contributed by atoms with E-state index in [2.05, 4.69) is 0 Å². The van der Waals surface area contributed by atoms with E-state index in [1.54, 1.807) is 24.3 Å². The lowest BCUT2D eigenvalue weighted by Crippen LogP contribution is -2.86. The second kappa shape index (κ2) is 7.59. The number of hydrogen-bond donors (Lipinski definition) is 3. The van der Waals surface area contributed by atoms with E-state index in [1.165, 1.54) is 11.8 Å². The molecule has 1 aromatic rings. The van der Waals surface area contributed by atoms with E-state index in [9.17, 15) is 14.7 Å². The third kappa shape index (κ3) is 3.72. The van der Waals surface area contributed by atoms with Crippen molar-refractivity contribution in [2.24, 2.45) is 0 Å². The van der Waals surface area contributed by atoms with Crippen LogP contribution in [0, 0.1) is 0 Å². The van der Waals surface area contributed by atoms with Crippen LogP contribution >= 0.6 is 11.6 Å². The average molecular weight is 340 g/mol. The lowest BCUT2D eigenvalue weighted by Gasteiger charge is -2.26. The van der Waals surface area contributed by atoms with E-state index < -0.39 is 17.7 Å². The molecule has 124 valence electrons. The zero-order valence-corrected chi connectivity index (χ0v) is 13.6. The van der Waals surface area contributed by atoms with Gasteiger partial charge in [0.25, 0.3) is 5.91 Å². The van der Waals surface area contributed by atoms with Gasteiger partial charge in [-0.1, -0.05) is 23.7 Å². The van der Waals surface area contributed by atoms with E-state index >= 15 is 0 Å². The summed E-state index contributed by atoms with van der Waals surface area (Å²) in [6.07, 6.45) is 0. The summed E-state index contributed by atoms with van der Waals surface area (Å²) in [5.74, 6) is -1.37. The molecule has 0 aromatic heterocycles. The molecule has 6 nitrogen and oxygen atoms in total. The lowest BCUT2D eigenvalue weighted by atomic mass is 9.97. The number of amides is 1. The maximum absolute atomic E-state index is 12.3. The Labute approximate surface area is 139 Å². The van der Waals surface area contributed by atoms with Crippen molar-refractivity contribution in [2.45, 2.75) is 13.0 Å². The fraction of sp³-hybridized carbons (Fsp3) is 0.375. The highest BCUT2D eigenvalue weighted by Crippen LogP contribution is 2.37. The van der Waals surface area contributed by atoms with Crippen LogP contribution in [0.3, 0.4) is 0 Å². The predicted molar refractivity (Wildman–Crippen MR) is 85.0 cm³/mol. The number of carbonyl (C=O) groups excluding carboxylic acids is 2. The number of Topliss-reactive ketones (excluding diaryl/α,β-unsaturated/α-hetero) is 1. The summed E-state index contributed by atoms with van der Waals surface area (Å²) < 4.78 is 0. The number of halogens is 1. The molecule has 0 bridgehead atoms. The Morgan fingerprint density at radius 1 is 1.30 bits per heavy atom. The molecule has 4 N–H and O–H groups in total. The summed E-state index contributed by atoms with van der Waals surface area (Å²) in [4.78, 5) is 25.7. The summed E-state index contributed by atoms with van der Waals surface area (Å²) in [6, 6.07) is 6.24. The molecule has 0 unspecified atom stereocenters. The molecule has 1 amide bonds. The first-order valence-corrected chi connectivity index (χ1v) is 7.78. The maximum atomic E-state index is 12.3. The van der Waals surface area contributed by atoms with Gasteiger partial charge in [-0.3, -0.25) is 9.59 Å². The minimum Gasteiger partial charge on any atom is -0.503 e. The number of aliphatic hydroxyl groups excluding tert-OH is 2. The van der Waals surface area contributed by atoms with Gasteiger partial charge in [0, 0.05) is 5.02 Å². The van der Waals surface area contributed by atoms with Crippen LogP contribution in [-0.4, -0.2) is 53.0 Å². The van der Waals surface area contributed by atoms with Crippen molar-refractivity contribution in [3.05, 3.63) is 46.2 Å². The van der Waals surface area contributed by atoms with Gasteiger partial charge in [0.05, 0.1) is 37.9 Å². The van der Waals surface area contributed by atoms with Crippen LogP contribution < -0.4 is 5.32 Å². The third-order valence-corrected chi connectivity index (χ3v) is 4.03. The van der Waals surface area contributed by atoms with E-state index in [0.717, 1.165) is 5.56 Å². The predicted octanol–water partition coefficient (Wildman–Crippen LogP) is 0.180. The molecule has 0 aliphatic carbocycles. The van der Waals surface area contributed by atoms with Crippen LogP contribution in [0.2, 0.25) is 5.02 Å². The van der Waals surface area contributed by atoms with E-state index in [-0.39, 0.29) is 18.0 Å². The van der Waals surface area contributed by atoms with E-state index in [1.807, 2.05) is 5.32 Å². The Morgan fingerprint density at radius 2 is 1.96 bits per heavy atom.